The highest BCUT2D eigenvalue weighted by atomic mass is 32.2. The third-order valence-electron chi connectivity index (χ3n) is 2.99. The summed E-state index contributed by atoms with van der Waals surface area (Å²) < 4.78 is 27.0. The number of nitrogens with one attached hydrogen (secondary N) is 2. The van der Waals surface area contributed by atoms with Crippen LogP contribution in [-0.2, 0) is 10.0 Å². The van der Waals surface area contributed by atoms with Crippen LogP contribution in [0.2, 0.25) is 0 Å². The number of carboxylic acid groups (broad SMARTS) is 1. The average molecular weight is 289 g/mol. The van der Waals surface area contributed by atoms with Crippen LogP contribution in [0.3, 0.4) is 0 Å². The zero-order valence-electron chi connectivity index (χ0n) is 11.6. The van der Waals surface area contributed by atoms with Crippen molar-refractivity contribution in [3.8, 4) is 0 Å². The summed E-state index contributed by atoms with van der Waals surface area (Å²) in [5.41, 5.74) is -0.578. The van der Waals surface area contributed by atoms with Crippen LogP contribution in [-0.4, -0.2) is 35.7 Å². The van der Waals surface area contributed by atoms with Crippen LogP contribution < -0.4 is 4.72 Å². The summed E-state index contributed by atoms with van der Waals surface area (Å²) in [5, 5.41) is 14.9. The number of nitrogens with zero attached hydrogens (tertiary/aromatic N) is 1. The fraction of sp³-hybridized carbons (Fsp3) is 0.636. The molecule has 0 bridgehead atoms. The maximum Gasteiger partial charge on any atom is 0.357 e. The van der Waals surface area contributed by atoms with Crippen LogP contribution in [0.25, 0.3) is 0 Å². The van der Waals surface area contributed by atoms with E-state index in [1.165, 1.54) is 6.92 Å². The van der Waals surface area contributed by atoms with Crippen LogP contribution in [0, 0.1) is 12.3 Å². The normalized spacial score (nSPS) is 14.4. The largest absolute Gasteiger partial charge is 0.476 e. The topological polar surface area (TPSA) is 112 Å². The molecular formula is C11H19N3O4S. The predicted molar refractivity (Wildman–Crippen MR) is 69.5 cm³/mol. The highest BCUT2D eigenvalue weighted by Crippen LogP contribution is 2.23. The summed E-state index contributed by atoms with van der Waals surface area (Å²) in [6.07, 6.45) is 0. The van der Waals surface area contributed by atoms with Crippen LogP contribution in [0.5, 0.6) is 0 Å². The van der Waals surface area contributed by atoms with Gasteiger partial charge in [0.2, 0.25) is 10.0 Å². The molecule has 1 unspecified atom stereocenters. The third-order valence-corrected chi connectivity index (χ3v) is 4.69. The number of carboxylic acids is 1. The number of aromatic amines is 1. The van der Waals surface area contributed by atoms with Crippen LogP contribution in [0.4, 0.5) is 0 Å². The van der Waals surface area contributed by atoms with Gasteiger partial charge in [-0.3, -0.25) is 5.10 Å². The molecule has 7 nitrogen and oxygen atoms in total. The number of H-pyrrole nitrogens is 1. The number of aromatic carboxylic acids is 1. The Bertz CT molecular complexity index is 584. The van der Waals surface area contributed by atoms with Crippen molar-refractivity contribution in [3.63, 3.8) is 0 Å². The van der Waals surface area contributed by atoms with E-state index >= 15 is 0 Å². The fourth-order valence-electron chi connectivity index (χ4n) is 1.36. The molecule has 0 saturated carbocycles. The van der Waals surface area contributed by atoms with Crippen LogP contribution in [0.1, 0.15) is 43.9 Å². The number of carbonyl (C=O) groups is 1. The molecule has 1 aromatic rings. The first kappa shape index (κ1) is 15.6. The number of aryl methyl sites for hydroxylation is 1. The van der Waals surface area contributed by atoms with Gasteiger partial charge in [-0.15, -0.1) is 0 Å². The van der Waals surface area contributed by atoms with E-state index in [1.54, 1.807) is 6.92 Å². The lowest BCUT2D eigenvalue weighted by atomic mass is 9.89. The van der Waals surface area contributed by atoms with Gasteiger partial charge in [-0.05, 0) is 19.3 Å². The number of aromatic nitrogens is 2. The molecule has 1 rings (SSSR count). The quantitative estimate of drug-likeness (QED) is 0.769. The maximum atomic E-state index is 12.3. The zero-order valence-corrected chi connectivity index (χ0v) is 12.4. The molecule has 1 atom stereocenters. The van der Waals surface area contributed by atoms with Gasteiger partial charge in [0.05, 0.1) is 5.69 Å². The Morgan fingerprint density at radius 2 is 1.95 bits per heavy atom. The monoisotopic (exact) mass is 289 g/mol. The van der Waals surface area contributed by atoms with Crippen molar-refractivity contribution in [2.75, 3.05) is 0 Å². The summed E-state index contributed by atoms with van der Waals surface area (Å²) in [6.45, 7) is 8.87. The molecule has 0 aliphatic rings. The van der Waals surface area contributed by atoms with E-state index < -0.39 is 21.7 Å². The van der Waals surface area contributed by atoms with E-state index in [9.17, 15) is 13.2 Å². The van der Waals surface area contributed by atoms with Crippen molar-refractivity contribution >= 4 is 16.0 Å². The molecule has 8 heteroatoms. The Balaban J connectivity index is 3.22. The summed E-state index contributed by atoms with van der Waals surface area (Å²) in [4.78, 5) is 10.7. The van der Waals surface area contributed by atoms with Gasteiger partial charge < -0.3 is 5.11 Å². The van der Waals surface area contributed by atoms with E-state index in [2.05, 4.69) is 14.9 Å². The third kappa shape index (κ3) is 3.32. The SMILES string of the molecule is Cc1[nH]nc(C(=O)O)c1S(=O)(=O)NC(C)C(C)(C)C. The lowest BCUT2D eigenvalue weighted by Crippen LogP contribution is -2.41. The van der Waals surface area contributed by atoms with E-state index in [-0.39, 0.29) is 22.0 Å². The second-order valence-corrected chi connectivity index (χ2v) is 7.19. The minimum atomic E-state index is -3.93. The Morgan fingerprint density at radius 3 is 2.37 bits per heavy atom. The van der Waals surface area contributed by atoms with Gasteiger partial charge in [-0.25, -0.2) is 17.9 Å². The maximum absolute atomic E-state index is 12.3. The van der Waals surface area contributed by atoms with E-state index in [0.29, 0.717) is 0 Å². The van der Waals surface area contributed by atoms with Crippen molar-refractivity contribution in [2.24, 2.45) is 5.41 Å². The molecule has 0 fully saturated rings. The lowest BCUT2D eigenvalue weighted by molar-refractivity contribution is 0.0686. The van der Waals surface area contributed by atoms with Crippen LogP contribution in [0.15, 0.2) is 4.90 Å². The summed E-state index contributed by atoms with van der Waals surface area (Å²) in [5.74, 6) is -1.38. The molecule has 1 heterocycles. The Hall–Kier alpha value is -1.41. The minimum Gasteiger partial charge on any atom is -0.476 e. The first-order valence-corrected chi connectivity index (χ1v) is 7.25. The molecule has 0 saturated heterocycles. The summed E-state index contributed by atoms with van der Waals surface area (Å²) in [7, 11) is -3.93. The molecule has 0 amide bonds. The molecule has 0 aromatic carbocycles. The van der Waals surface area contributed by atoms with Gasteiger partial charge in [-0.1, -0.05) is 20.8 Å². The Morgan fingerprint density at radius 1 is 1.42 bits per heavy atom. The molecule has 3 N–H and O–H groups in total. The van der Waals surface area contributed by atoms with Crippen molar-refractivity contribution < 1.29 is 18.3 Å². The molecule has 108 valence electrons. The van der Waals surface area contributed by atoms with Crippen LogP contribution >= 0.6 is 0 Å². The van der Waals surface area contributed by atoms with Gasteiger partial charge in [0.25, 0.3) is 0 Å². The predicted octanol–water partition coefficient (Wildman–Crippen LogP) is 1.13. The van der Waals surface area contributed by atoms with E-state index in [1.807, 2.05) is 20.8 Å². The Kier molecular flexibility index (Phi) is 4.06. The smallest absolute Gasteiger partial charge is 0.357 e. The van der Waals surface area contributed by atoms with E-state index in [4.69, 9.17) is 5.11 Å². The Labute approximate surface area is 112 Å². The second kappa shape index (κ2) is 4.93. The average Bonchev–Trinajstić information content (AvgIpc) is 2.58. The number of sulfonamides is 1. The van der Waals surface area contributed by atoms with Gasteiger partial charge in [-0.2, -0.15) is 5.10 Å². The van der Waals surface area contributed by atoms with Gasteiger partial charge >= 0.3 is 5.97 Å². The molecule has 1 aromatic heterocycles. The first-order valence-electron chi connectivity index (χ1n) is 5.77. The lowest BCUT2D eigenvalue weighted by Gasteiger charge is -2.27. The molecule has 19 heavy (non-hydrogen) atoms. The fourth-order valence-corrected chi connectivity index (χ4v) is 3.13. The standard InChI is InChI=1S/C11H19N3O4S/c1-6-9(8(10(15)16)13-12-6)19(17,18)14-7(2)11(3,4)5/h7,14H,1-5H3,(H,12,13)(H,15,16). The highest BCUT2D eigenvalue weighted by molar-refractivity contribution is 7.89. The van der Waals surface area contributed by atoms with Gasteiger partial charge in [0.1, 0.15) is 4.90 Å². The molecule has 0 radical (unpaired) electrons. The molecule has 0 spiro atoms. The molecular weight excluding hydrogens is 270 g/mol. The second-order valence-electron chi connectivity index (χ2n) is 5.54. The van der Waals surface area contributed by atoms with E-state index in [0.717, 1.165) is 0 Å². The van der Waals surface area contributed by atoms with Crippen molar-refractivity contribution in [2.45, 2.75) is 45.6 Å². The summed E-state index contributed by atoms with van der Waals surface area (Å²) in [6, 6.07) is -0.353. The van der Waals surface area contributed by atoms with Crippen molar-refractivity contribution in [1.29, 1.82) is 0 Å². The van der Waals surface area contributed by atoms with Crippen molar-refractivity contribution in [3.05, 3.63) is 11.4 Å². The first-order chi connectivity index (χ1) is 8.47. The molecule has 0 aliphatic carbocycles. The minimum absolute atomic E-state index is 0.200. The number of rotatable bonds is 4. The number of hydrogen-bond acceptors (Lipinski definition) is 4. The van der Waals surface area contributed by atoms with Gasteiger partial charge in [0, 0.05) is 6.04 Å². The molecule has 0 aliphatic heterocycles. The zero-order chi connectivity index (χ0) is 15.0. The summed E-state index contributed by atoms with van der Waals surface area (Å²) >= 11 is 0. The van der Waals surface area contributed by atoms with Gasteiger partial charge in [0.15, 0.2) is 5.69 Å². The number of hydrogen-bond donors (Lipinski definition) is 3. The van der Waals surface area contributed by atoms with Crippen molar-refractivity contribution in [1.82, 2.24) is 14.9 Å². The highest BCUT2D eigenvalue weighted by Gasteiger charge is 2.32.